The van der Waals surface area contributed by atoms with Crippen molar-refractivity contribution in [1.29, 1.82) is 0 Å². The maximum absolute atomic E-state index is 5.77. The Labute approximate surface area is 194 Å². The minimum Gasteiger partial charge on any atom is -0.493 e. The molecule has 3 aromatic rings. The first-order valence-electron chi connectivity index (χ1n) is 10.0. The molecule has 2 heterocycles. The monoisotopic (exact) mass is 517 g/mol. The van der Waals surface area contributed by atoms with Crippen LogP contribution in [0.5, 0.6) is 5.75 Å². The van der Waals surface area contributed by atoms with Gasteiger partial charge in [-0.05, 0) is 48.7 Å². The van der Waals surface area contributed by atoms with Gasteiger partial charge in [0, 0.05) is 31.9 Å². The van der Waals surface area contributed by atoms with Crippen LogP contribution in [-0.4, -0.2) is 35.9 Å². The molecule has 1 aromatic heterocycles. The lowest BCUT2D eigenvalue weighted by molar-refractivity contribution is 0.267. The lowest BCUT2D eigenvalue weighted by Crippen LogP contribution is -2.41. The van der Waals surface area contributed by atoms with Gasteiger partial charge in [-0.3, -0.25) is 4.99 Å². The molecule has 0 radical (unpaired) electrons. The molecule has 0 bridgehead atoms. The Kier molecular flexibility index (Phi) is 7.73. The lowest BCUT2D eigenvalue weighted by Gasteiger charge is -2.27. The highest BCUT2D eigenvalue weighted by molar-refractivity contribution is 14.0. The van der Waals surface area contributed by atoms with E-state index in [-0.39, 0.29) is 30.0 Å². The minimum absolute atomic E-state index is 0. The first-order valence-corrected chi connectivity index (χ1v) is 10.0. The van der Waals surface area contributed by atoms with Crippen molar-refractivity contribution < 1.29 is 4.74 Å². The normalized spacial score (nSPS) is 16.6. The molecular formula is C23H28IN5O. The van der Waals surface area contributed by atoms with Gasteiger partial charge in [0.15, 0.2) is 5.96 Å². The topological polar surface area (TPSA) is 63.5 Å². The van der Waals surface area contributed by atoms with Crippen molar-refractivity contribution in [1.82, 2.24) is 20.4 Å². The quantitative estimate of drug-likeness (QED) is 0.301. The number of ether oxygens (including phenoxy) is 1. The summed E-state index contributed by atoms with van der Waals surface area (Å²) in [6.07, 6.45) is 4.74. The third kappa shape index (κ3) is 5.13. The molecule has 2 atom stereocenters. The van der Waals surface area contributed by atoms with Crippen LogP contribution in [-0.2, 0) is 0 Å². The van der Waals surface area contributed by atoms with Gasteiger partial charge in [-0.15, -0.1) is 24.0 Å². The van der Waals surface area contributed by atoms with E-state index >= 15 is 0 Å². The molecule has 6 nitrogen and oxygen atoms in total. The Morgan fingerprint density at radius 3 is 2.90 bits per heavy atom. The second-order valence-electron chi connectivity index (χ2n) is 7.24. The molecule has 2 unspecified atom stereocenters. The third-order valence-electron chi connectivity index (χ3n) is 5.31. The molecule has 0 saturated carbocycles. The first kappa shape index (κ1) is 22.1. The largest absolute Gasteiger partial charge is 0.493 e. The van der Waals surface area contributed by atoms with Gasteiger partial charge >= 0.3 is 0 Å². The summed E-state index contributed by atoms with van der Waals surface area (Å²) in [6.45, 7) is 3.71. The Bertz CT molecular complexity index is 973. The average Bonchev–Trinajstić information content (AvgIpc) is 3.31. The van der Waals surface area contributed by atoms with Crippen molar-refractivity contribution in [3.63, 3.8) is 0 Å². The van der Waals surface area contributed by atoms with Gasteiger partial charge in [0.05, 0.1) is 18.3 Å². The molecule has 4 rings (SSSR count). The highest BCUT2D eigenvalue weighted by Gasteiger charge is 2.21. The number of nitrogens with zero attached hydrogens (tertiary/aromatic N) is 3. The number of aliphatic imine (C=N–C) groups is 1. The van der Waals surface area contributed by atoms with Crippen LogP contribution in [0, 0.1) is 0 Å². The van der Waals surface area contributed by atoms with E-state index in [0.29, 0.717) is 5.92 Å². The van der Waals surface area contributed by atoms with Gasteiger partial charge in [0.25, 0.3) is 0 Å². The van der Waals surface area contributed by atoms with Gasteiger partial charge in [-0.2, -0.15) is 5.10 Å². The SMILES string of the molecule is CN=C(NCC1CCOc2ccccc21)NC(C)c1cccc(-n2cccn2)c1.I. The maximum Gasteiger partial charge on any atom is 0.191 e. The van der Waals surface area contributed by atoms with Gasteiger partial charge in [0.2, 0.25) is 0 Å². The van der Waals surface area contributed by atoms with Crippen molar-refractivity contribution in [3.8, 4) is 11.4 Å². The number of benzene rings is 2. The number of rotatable bonds is 5. The Morgan fingerprint density at radius 1 is 1.23 bits per heavy atom. The Morgan fingerprint density at radius 2 is 2.10 bits per heavy atom. The molecule has 1 aliphatic heterocycles. The number of fused-ring (bicyclic) bond motifs is 1. The third-order valence-corrected chi connectivity index (χ3v) is 5.31. The summed E-state index contributed by atoms with van der Waals surface area (Å²) in [5.41, 5.74) is 3.49. The fourth-order valence-corrected chi connectivity index (χ4v) is 3.69. The molecular weight excluding hydrogens is 489 g/mol. The zero-order chi connectivity index (χ0) is 20.1. The molecule has 1 aliphatic rings. The number of hydrogen-bond donors (Lipinski definition) is 2. The summed E-state index contributed by atoms with van der Waals surface area (Å²) < 4.78 is 7.64. The predicted octanol–water partition coefficient (Wildman–Crippen LogP) is 4.28. The van der Waals surface area contributed by atoms with Gasteiger partial charge in [0.1, 0.15) is 5.75 Å². The number of guanidine groups is 1. The molecule has 0 spiro atoms. The van der Waals surface area contributed by atoms with Crippen molar-refractivity contribution >= 4 is 29.9 Å². The van der Waals surface area contributed by atoms with Crippen molar-refractivity contribution in [3.05, 3.63) is 78.1 Å². The van der Waals surface area contributed by atoms with Crippen molar-refractivity contribution in [2.45, 2.75) is 25.3 Å². The number of aromatic nitrogens is 2. The second kappa shape index (κ2) is 10.5. The molecule has 0 amide bonds. The number of para-hydroxylation sites is 1. The van der Waals surface area contributed by atoms with Crippen LogP contribution in [0.25, 0.3) is 5.69 Å². The van der Waals surface area contributed by atoms with E-state index in [1.165, 1.54) is 11.1 Å². The standard InChI is InChI=1S/C23H27N5O.HI/c1-17(18-7-5-8-20(15-18)28-13-6-12-26-28)27-23(24-2)25-16-19-11-14-29-22-10-4-3-9-21(19)22;/h3-10,12-13,15,17,19H,11,14,16H2,1-2H3,(H2,24,25,27);1H. The first-order chi connectivity index (χ1) is 14.2. The minimum atomic E-state index is 0. The Balaban J connectivity index is 0.00000256. The lowest BCUT2D eigenvalue weighted by atomic mass is 9.93. The summed E-state index contributed by atoms with van der Waals surface area (Å²) >= 11 is 0. The highest BCUT2D eigenvalue weighted by Crippen LogP contribution is 2.32. The molecule has 2 N–H and O–H groups in total. The van der Waals surface area contributed by atoms with E-state index in [1.54, 1.807) is 13.2 Å². The maximum atomic E-state index is 5.77. The predicted molar refractivity (Wildman–Crippen MR) is 131 cm³/mol. The summed E-state index contributed by atoms with van der Waals surface area (Å²) in [5, 5.41) is 11.3. The molecule has 2 aromatic carbocycles. The number of hydrogen-bond acceptors (Lipinski definition) is 3. The summed E-state index contributed by atoms with van der Waals surface area (Å²) in [4.78, 5) is 4.41. The van der Waals surface area contributed by atoms with Crippen molar-refractivity contribution in [2.24, 2.45) is 4.99 Å². The molecule has 30 heavy (non-hydrogen) atoms. The molecule has 0 saturated heterocycles. The van der Waals surface area contributed by atoms with Crippen LogP contribution >= 0.6 is 24.0 Å². The van der Waals surface area contributed by atoms with Crippen LogP contribution < -0.4 is 15.4 Å². The second-order valence-corrected chi connectivity index (χ2v) is 7.24. The van der Waals surface area contributed by atoms with Gasteiger partial charge in [-0.25, -0.2) is 4.68 Å². The van der Waals surface area contributed by atoms with E-state index in [0.717, 1.165) is 37.0 Å². The molecule has 0 fully saturated rings. The van der Waals surface area contributed by atoms with E-state index in [2.05, 4.69) is 64.0 Å². The summed E-state index contributed by atoms with van der Waals surface area (Å²) in [6, 6.07) is 18.7. The van der Waals surface area contributed by atoms with Crippen LogP contribution in [0.15, 0.2) is 72.0 Å². The summed E-state index contributed by atoms with van der Waals surface area (Å²) in [5.74, 6) is 2.21. The zero-order valence-electron chi connectivity index (χ0n) is 17.3. The fraction of sp³-hybridized carbons (Fsp3) is 0.304. The fourth-order valence-electron chi connectivity index (χ4n) is 3.69. The van der Waals surface area contributed by atoms with Crippen molar-refractivity contribution in [2.75, 3.05) is 20.2 Å². The van der Waals surface area contributed by atoms with E-state index < -0.39 is 0 Å². The van der Waals surface area contributed by atoms with Crippen LogP contribution in [0.2, 0.25) is 0 Å². The zero-order valence-corrected chi connectivity index (χ0v) is 19.6. The van der Waals surface area contributed by atoms with E-state index in [1.807, 2.05) is 29.1 Å². The number of nitrogens with one attached hydrogen (secondary N) is 2. The van der Waals surface area contributed by atoms with E-state index in [9.17, 15) is 0 Å². The highest BCUT2D eigenvalue weighted by atomic mass is 127. The molecule has 0 aliphatic carbocycles. The molecule has 7 heteroatoms. The van der Waals surface area contributed by atoms with Gasteiger partial charge < -0.3 is 15.4 Å². The number of halogens is 1. The van der Waals surface area contributed by atoms with Crippen LogP contribution in [0.4, 0.5) is 0 Å². The van der Waals surface area contributed by atoms with E-state index in [4.69, 9.17) is 4.74 Å². The average molecular weight is 517 g/mol. The Hall–Kier alpha value is -2.55. The smallest absolute Gasteiger partial charge is 0.191 e. The van der Waals surface area contributed by atoms with Crippen LogP contribution in [0.3, 0.4) is 0 Å². The summed E-state index contributed by atoms with van der Waals surface area (Å²) in [7, 11) is 1.81. The van der Waals surface area contributed by atoms with Gasteiger partial charge in [-0.1, -0.05) is 30.3 Å². The molecule has 158 valence electrons. The van der Waals surface area contributed by atoms with Crippen LogP contribution in [0.1, 0.15) is 36.4 Å².